The zero-order valence-corrected chi connectivity index (χ0v) is 10.7. The smallest absolute Gasteiger partial charge is 0.252 e. The van der Waals surface area contributed by atoms with E-state index in [2.05, 4.69) is 10.6 Å². The Hall–Kier alpha value is -1.66. The summed E-state index contributed by atoms with van der Waals surface area (Å²) < 4.78 is 1.85. The van der Waals surface area contributed by atoms with Gasteiger partial charge in [-0.3, -0.25) is 9.59 Å². The second-order valence-electron chi connectivity index (χ2n) is 5.33. The number of nitrogens with one attached hydrogen (secondary N) is 2. The van der Waals surface area contributed by atoms with Crippen LogP contribution in [0.3, 0.4) is 0 Å². The molecule has 102 valence electrons. The van der Waals surface area contributed by atoms with E-state index in [-0.39, 0.29) is 18.0 Å². The third kappa shape index (κ3) is 2.29. The van der Waals surface area contributed by atoms with Crippen LogP contribution >= 0.6 is 0 Å². The van der Waals surface area contributed by atoms with Gasteiger partial charge in [0.1, 0.15) is 0 Å². The average molecular weight is 262 g/mol. The molecule has 1 amide bonds. The Morgan fingerprint density at radius 1 is 1.47 bits per heavy atom. The summed E-state index contributed by atoms with van der Waals surface area (Å²) in [6.45, 7) is 2.56. The molecule has 2 unspecified atom stereocenters. The van der Waals surface area contributed by atoms with E-state index >= 15 is 0 Å². The highest BCUT2D eigenvalue weighted by Crippen LogP contribution is 2.32. The maximum atomic E-state index is 12.1. The topological polar surface area (TPSA) is 89.2 Å². The van der Waals surface area contributed by atoms with Crippen LogP contribution in [-0.4, -0.2) is 30.1 Å². The second kappa shape index (κ2) is 4.79. The molecule has 1 aromatic heterocycles. The lowest BCUT2D eigenvalue weighted by atomic mass is 9.84. The predicted molar refractivity (Wildman–Crippen MR) is 72.1 cm³/mol. The van der Waals surface area contributed by atoms with Crippen LogP contribution in [0.5, 0.6) is 0 Å². The summed E-state index contributed by atoms with van der Waals surface area (Å²) in [6.07, 6.45) is 1.11. The minimum Gasteiger partial charge on any atom is -0.325 e. The van der Waals surface area contributed by atoms with E-state index in [4.69, 9.17) is 5.73 Å². The maximum absolute atomic E-state index is 12.1. The number of hydrogen-bond acceptors (Lipinski definition) is 4. The fraction of sp³-hybridized carbons (Fsp3) is 0.538. The molecular weight excluding hydrogens is 244 g/mol. The van der Waals surface area contributed by atoms with E-state index in [1.807, 2.05) is 10.6 Å². The number of carbonyl (C=O) groups is 1. The number of nitrogens with two attached hydrogens (primary N) is 1. The minimum absolute atomic E-state index is 0.0404. The Balaban J connectivity index is 1.98. The number of rotatable bonds is 2. The first kappa shape index (κ1) is 12.4. The van der Waals surface area contributed by atoms with Gasteiger partial charge in [0.2, 0.25) is 5.91 Å². The van der Waals surface area contributed by atoms with E-state index in [9.17, 15) is 9.59 Å². The van der Waals surface area contributed by atoms with Gasteiger partial charge in [0, 0.05) is 36.5 Å². The molecule has 0 radical (unpaired) electrons. The lowest BCUT2D eigenvalue weighted by Gasteiger charge is -2.37. The van der Waals surface area contributed by atoms with Crippen LogP contribution < -0.4 is 21.9 Å². The summed E-state index contributed by atoms with van der Waals surface area (Å²) in [4.78, 5) is 23.5. The molecular formula is C13H18N4O2. The maximum Gasteiger partial charge on any atom is 0.252 e. The zero-order chi connectivity index (χ0) is 13.4. The number of fused-ring (bicyclic) bond motifs is 4. The number of anilines is 1. The van der Waals surface area contributed by atoms with E-state index in [0.717, 1.165) is 31.7 Å². The van der Waals surface area contributed by atoms with Gasteiger partial charge in [0.15, 0.2) is 0 Å². The molecule has 6 heteroatoms. The van der Waals surface area contributed by atoms with Gasteiger partial charge in [-0.1, -0.05) is 0 Å². The van der Waals surface area contributed by atoms with Crippen molar-refractivity contribution in [2.75, 3.05) is 25.0 Å². The first-order valence-electron chi connectivity index (χ1n) is 6.63. The summed E-state index contributed by atoms with van der Waals surface area (Å²) in [7, 11) is 0. The molecule has 0 spiro atoms. The van der Waals surface area contributed by atoms with Crippen molar-refractivity contribution >= 4 is 11.6 Å². The van der Waals surface area contributed by atoms with E-state index < -0.39 is 0 Å². The summed E-state index contributed by atoms with van der Waals surface area (Å²) in [5.74, 6) is 0.614. The van der Waals surface area contributed by atoms with Crippen LogP contribution in [0, 0.1) is 5.92 Å². The summed E-state index contributed by atoms with van der Waals surface area (Å²) in [5, 5.41) is 6.05. The quantitative estimate of drug-likeness (QED) is 0.667. The molecule has 0 saturated carbocycles. The Kier molecular flexibility index (Phi) is 3.12. The lowest BCUT2D eigenvalue weighted by molar-refractivity contribution is -0.114. The summed E-state index contributed by atoms with van der Waals surface area (Å²) >= 11 is 0. The van der Waals surface area contributed by atoms with Crippen LogP contribution in [0.25, 0.3) is 0 Å². The number of pyridine rings is 1. The second-order valence-corrected chi connectivity index (χ2v) is 5.33. The normalized spacial score (nSPS) is 24.7. The Morgan fingerprint density at radius 3 is 3.11 bits per heavy atom. The molecule has 2 aliphatic rings. The van der Waals surface area contributed by atoms with Crippen molar-refractivity contribution in [3.8, 4) is 0 Å². The Labute approximate surface area is 111 Å². The number of carbonyl (C=O) groups excluding carboxylic acids is 1. The molecule has 3 rings (SSSR count). The molecule has 0 aromatic carbocycles. The van der Waals surface area contributed by atoms with Crippen molar-refractivity contribution in [1.29, 1.82) is 0 Å². The fourth-order valence-corrected chi connectivity index (χ4v) is 3.09. The molecule has 1 fully saturated rings. The van der Waals surface area contributed by atoms with Gasteiger partial charge in [0.05, 0.1) is 6.54 Å². The molecule has 3 heterocycles. The largest absolute Gasteiger partial charge is 0.325 e. The first-order chi connectivity index (χ1) is 9.17. The van der Waals surface area contributed by atoms with Gasteiger partial charge >= 0.3 is 0 Å². The third-order valence-electron chi connectivity index (χ3n) is 3.93. The summed E-state index contributed by atoms with van der Waals surface area (Å²) in [5.41, 5.74) is 6.80. The molecule has 2 aliphatic heterocycles. The van der Waals surface area contributed by atoms with Crippen molar-refractivity contribution in [3.63, 3.8) is 0 Å². The predicted octanol–water partition coefficient (Wildman–Crippen LogP) is -0.548. The minimum atomic E-state index is -0.278. The Bertz CT molecular complexity index is 566. The standard InChI is InChI=1S/C13H18N4O2/c14-4-12(18)16-10-2-11-9-1-8(5-15-6-9)7-17(11)13(19)3-10/h2-3,8-9,15H,1,4-7,14H2,(H,16,18). The number of amides is 1. The highest BCUT2D eigenvalue weighted by Gasteiger charge is 2.31. The Morgan fingerprint density at radius 2 is 2.32 bits per heavy atom. The monoisotopic (exact) mass is 262 g/mol. The van der Waals surface area contributed by atoms with Gasteiger partial charge < -0.3 is 20.9 Å². The van der Waals surface area contributed by atoms with Gasteiger partial charge in [-0.25, -0.2) is 0 Å². The van der Waals surface area contributed by atoms with Gasteiger partial charge in [-0.15, -0.1) is 0 Å². The number of nitrogens with zero attached hydrogens (tertiary/aromatic N) is 1. The van der Waals surface area contributed by atoms with Crippen LogP contribution in [0.15, 0.2) is 16.9 Å². The number of piperidine rings is 1. The van der Waals surface area contributed by atoms with Crippen LogP contribution in [0.2, 0.25) is 0 Å². The average Bonchev–Trinajstić information content (AvgIpc) is 2.41. The van der Waals surface area contributed by atoms with Crippen molar-refractivity contribution in [1.82, 2.24) is 9.88 Å². The summed E-state index contributed by atoms with van der Waals surface area (Å²) in [6, 6.07) is 3.38. The molecule has 1 saturated heterocycles. The van der Waals surface area contributed by atoms with E-state index in [1.165, 1.54) is 6.07 Å². The molecule has 0 aliphatic carbocycles. The fourth-order valence-electron chi connectivity index (χ4n) is 3.09. The lowest BCUT2D eigenvalue weighted by Crippen LogP contribution is -2.44. The van der Waals surface area contributed by atoms with E-state index in [0.29, 0.717) is 17.5 Å². The van der Waals surface area contributed by atoms with Crippen LogP contribution in [0.4, 0.5) is 5.69 Å². The number of aromatic nitrogens is 1. The highest BCUT2D eigenvalue weighted by atomic mass is 16.2. The third-order valence-corrected chi connectivity index (χ3v) is 3.93. The molecule has 2 atom stereocenters. The van der Waals surface area contributed by atoms with Gasteiger partial charge in [0.25, 0.3) is 5.56 Å². The molecule has 1 aromatic rings. The molecule has 19 heavy (non-hydrogen) atoms. The molecule has 4 N–H and O–H groups in total. The van der Waals surface area contributed by atoms with Crippen LogP contribution in [-0.2, 0) is 11.3 Å². The first-order valence-corrected chi connectivity index (χ1v) is 6.63. The SMILES string of the molecule is NCC(=O)Nc1cc2n(c(=O)c1)CC1CNCC2C1. The van der Waals surface area contributed by atoms with Crippen molar-refractivity contribution in [2.24, 2.45) is 11.7 Å². The molecule has 6 nitrogen and oxygen atoms in total. The van der Waals surface area contributed by atoms with Gasteiger partial charge in [-0.05, 0) is 24.9 Å². The van der Waals surface area contributed by atoms with Crippen LogP contribution in [0.1, 0.15) is 18.0 Å². The van der Waals surface area contributed by atoms with Crippen molar-refractivity contribution < 1.29 is 4.79 Å². The highest BCUT2D eigenvalue weighted by molar-refractivity contribution is 5.92. The van der Waals surface area contributed by atoms with Gasteiger partial charge in [-0.2, -0.15) is 0 Å². The van der Waals surface area contributed by atoms with E-state index in [1.54, 1.807) is 0 Å². The van der Waals surface area contributed by atoms with Crippen molar-refractivity contribution in [2.45, 2.75) is 18.9 Å². The zero-order valence-electron chi connectivity index (χ0n) is 10.7. The number of hydrogen-bond donors (Lipinski definition) is 3. The molecule has 2 bridgehead atoms. The van der Waals surface area contributed by atoms with Crippen molar-refractivity contribution in [3.05, 3.63) is 28.2 Å².